The molecule has 0 aliphatic heterocycles. The highest BCUT2D eigenvalue weighted by Crippen LogP contribution is 2.21. The number of nitrogens with one attached hydrogen (secondary N) is 1. The molecule has 2 aromatic rings. The predicted octanol–water partition coefficient (Wildman–Crippen LogP) is 2.88. The molecule has 0 saturated carbocycles. The van der Waals surface area contributed by atoms with Gasteiger partial charge < -0.3 is 5.32 Å². The lowest BCUT2D eigenvalue weighted by Crippen LogP contribution is -1.96. The third-order valence-corrected chi connectivity index (χ3v) is 2.26. The highest BCUT2D eigenvalue weighted by Gasteiger charge is 2.02. The molecule has 17 heavy (non-hydrogen) atoms. The molecule has 0 unspecified atom stereocenters. The van der Waals surface area contributed by atoms with Crippen LogP contribution in [-0.2, 0) is 0 Å². The molecule has 4 nitrogen and oxygen atoms in total. The van der Waals surface area contributed by atoms with Crippen LogP contribution in [0.1, 0.15) is 5.69 Å². The van der Waals surface area contributed by atoms with Gasteiger partial charge in [-0.15, -0.1) is 10.2 Å². The molecule has 84 valence electrons. The van der Waals surface area contributed by atoms with Crippen LogP contribution in [0.25, 0.3) is 0 Å². The molecule has 0 atom stereocenters. The molecule has 1 aromatic carbocycles. The van der Waals surface area contributed by atoms with Crippen LogP contribution >= 0.6 is 11.6 Å². The largest absolute Gasteiger partial charge is 0.339 e. The first-order chi connectivity index (χ1) is 8.19. The summed E-state index contributed by atoms with van der Waals surface area (Å²) in [6, 6.07) is 9.21. The zero-order valence-electron chi connectivity index (χ0n) is 8.48. The molecule has 0 saturated heterocycles. The van der Waals surface area contributed by atoms with Gasteiger partial charge in [0.1, 0.15) is 11.9 Å². The van der Waals surface area contributed by atoms with Crippen molar-refractivity contribution in [2.24, 2.45) is 0 Å². The molecule has 1 heterocycles. The Hall–Kier alpha value is -2.19. The van der Waals surface area contributed by atoms with Gasteiger partial charge >= 0.3 is 0 Å². The van der Waals surface area contributed by atoms with E-state index in [1.165, 1.54) is 24.3 Å². The average molecular weight is 249 g/mol. The van der Waals surface area contributed by atoms with Gasteiger partial charge in [0.15, 0.2) is 11.5 Å². The smallest absolute Gasteiger partial charge is 0.163 e. The first kappa shape index (κ1) is 11.3. The minimum Gasteiger partial charge on any atom is -0.339 e. The van der Waals surface area contributed by atoms with E-state index in [4.69, 9.17) is 16.9 Å². The molecule has 0 amide bonds. The Morgan fingerprint density at radius 2 is 2.06 bits per heavy atom. The summed E-state index contributed by atoms with van der Waals surface area (Å²) in [5.41, 5.74) is 0.822. The average Bonchev–Trinajstić information content (AvgIpc) is 2.35. The maximum absolute atomic E-state index is 12.9. The van der Waals surface area contributed by atoms with Crippen LogP contribution in [0.3, 0.4) is 0 Å². The van der Waals surface area contributed by atoms with E-state index >= 15 is 0 Å². The van der Waals surface area contributed by atoms with E-state index in [2.05, 4.69) is 15.5 Å². The number of hydrogen-bond donors (Lipinski definition) is 1. The molecule has 0 aliphatic carbocycles. The van der Waals surface area contributed by atoms with E-state index in [-0.39, 0.29) is 10.7 Å². The second-order valence-electron chi connectivity index (χ2n) is 3.17. The van der Waals surface area contributed by atoms with E-state index in [1.807, 2.05) is 6.07 Å². The molecule has 0 radical (unpaired) electrons. The van der Waals surface area contributed by atoms with Crippen molar-refractivity contribution in [3.05, 3.63) is 46.9 Å². The lowest BCUT2D eigenvalue weighted by Gasteiger charge is -2.05. The van der Waals surface area contributed by atoms with Gasteiger partial charge in [0.25, 0.3) is 0 Å². The number of aromatic nitrogens is 2. The van der Waals surface area contributed by atoms with Crippen molar-refractivity contribution in [3.8, 4) is 6.07 Å². The molecule has 0 bridgehead atoms. The summed E-state index contributed by atoms with van der Waals surface area (Å²) >= 11 is 5.63. The Morgan fingerprint density at radius 3 is 2.65 bits per heavy atom. The fraction of sp³-hybridized carbons (Fsp3) is 0. The molecule has 0 spiro atoms. The standard InChI is InChI=1S/C11H6ClFN4/c12-9-5-7(1-3-10(9)13)15-11-4-2-8(6-14)16-17-11/h1-5H,(H,15,17). The summed E-state index contributed by atoms with van der Waals surface area (Å²) in [7, 11) is 0. The van der Waals surface area contributed by atoms with Crippen LogP contribution in [0.4, 0.5) is 15.9 Å². The topological polar surface area (TPSA) is 61.6 Å². The lowest BCUT2D eigenvalue weighted by molar-refractivity contribution is 0.628. The predicted molar refractivity (Wildman–Crippen MR) is 61.4 cm³/mol. The first-order valence-corrected chi connectivity index (χ1v) is 5.03. The Kier molecular flexibility index (Phi) is 3.17. The van der Waals surface area contributed by atoms with Gasteiger partial charge in [-0.3, -0.25) is 0 Å². The number of hydrogen-bond acceptors (Lipinski definition) is 4. The minimum atomic E-state index is -0.483. The van der Waals surface area contributed by atoms with Gasteiger partial charge in [-0.25, -0.2) is 4.39 Å². The number of nitriles is 1. The summed E-state index contributed by atoms with van der Waals surface area (Å²) in [5.74, 6) is -0.0326. The summed E-state index contributed by atoms with van der Waals surface area (Å²) in [6.45, 7) is 0. The Bertz CT molecular complexity index is 577. The van der Waals surface area contributed by atoms with Crippen LogP contribution in [0.2, 0.25) is 5.02 Å². The van der Waals surface area contributed by atoms with E-state index in [0.29, 0.717) is 11.5 Å². The van der Waals surface area contributed by atoms with E-state index in [0.717, 1.165) is 0 Å². The van der Waals surface area contributed by atoms with Crippen molar-refractivity contribution >= 4 is 23.1 Å². The van der Waals surface area contributed by atoms with Crippen LogP contribution in [-0.4, -0.2) is 10.2 Å². The number of rotatable bonds is 2. The van der Waals surface area contributed by atoms with Crippen molar-refractivity contribution in [1.29, 1.82) is 5.26 Å². The summed E-state index contributed by atoms with van der Waals surface area (Å²) in [6.07, 6.45) is 0. The van der Waals surface area contributed by atoms with Crippen LogP contribution in [0.5, 0.6) is 0 Å². The molecule has 6 heteroatoms. The number of nitrogens with zero attached hydrogens (tertiary/aromatic N) is 3. The Labute approximate surface area is 102 Å². The van der Waals surface area contributed by atoms with Crippen LogP contribution in [0, 0.1) is 17.1 Å². The van der Waals surface area contributed by atoms with Crippen LogP contribution in [0.15, 0.2) is 30.3 Å². The summed E-state index contributed by atoms with van der Waals surface area (Å²) in [5, 5.41) is 18.9. The Balaban J connectivity index is 2.20. The fourth-order valence-electron chi connectivity index (χ4n) is 1.18. The monoisotopic (exact) mass is 248 g/mol. The molecule has 0 fully saturated rings. The SMILES string of the molecule is N#Cc1ccc(Nc2ccc(F)c(Cl)c2)nn1. The molecular formula is C11H6ClFN4. The maximum Gasteiger partial charge on any atom is 0.163 e. The van der Waals surface area contributed by atoms with Crippen molar-refractivity contribution in [2.75, 3.05) is 5.32 Å². The number of benzene rings is 1. The highest BCUT2D eigenvalue weighted by molar-refractivity contribution is 6.31. The lowest BCUT2D eigenvalue weighted by atomic mass is 10.3. The van der Waals surface area contributed by atoms with Gasteiger partial charge in [0, 0.05) is 5.69 Å². The zero-order valence-corrected chi connectivity index (χ0v) is 9.24. The maximum atomic E-state index is 12.9. The minimum absolute atomic E-state index is 0.0246. The third kappa shape index (κ3) is 2.68. The second-order valence-corrected chi connectivity index (χ2v) is 3.58. The van der Waals surface area contributed by atoms with Gasteiger partial charge in [0.2, 0.25) is 0 Å². The fourth-order valence-corrected chi connectivity index (χ4v) is 1.36. The van der Waals surface area contributed by atoms with Crippen LogP contribution < -0.4 is 5.32 Å². The molecule has 1 N–H and O–H groups in total. The van der Waals surface area contributed by atoms with Gasteiger partial charge in [-0.1, -0.05) is 11.6 Å². The highest BCUT2D eigenvalue weighted by atomic mass is 35.5. The van der Waals surface area contributed by atoms with Crippen molar-refractivity contribution in [3.63, 3.8) is 0 Å². The van der Waals surface area contributed by atoms with Crippen molar-refractivity contribution in [1.82, 2.24) is 10.2 Å². The number of anilines is 2. The Morgan fingerprint density at radius 1 is 1.24 bits per heavy atom. The van der Waals surface area contributed by atoms with Crippen molar-refractivity contribution < 1.29 is 4.39 Å². The summed E-state index contributed by atoms with van der Waals surface area (Å²) < 4.78 is 12.9. The zero-order chi connectivity index (χ0) is 12.3. The number of halogens is 2. The molecule has 0 aliphatic rings. The van der Waals surface area contributed by atoms with E-state index in [9.17, 15) is 4.39 Å². The molecular weight excluding hydrogens is 243 g/mol. The van der Waals surface area contributed by atoms with Gasteiger partial charge in [0.05, 0.1) is 5.02 Å². The van der Waals surface area contributed by atoms with Gasteiger partial charge in [-0.2, -0.15) is 5.26 Å². The molecule has 1 aromatic heterocycles. The van der Waals surface area contributed by atoms with E-state index < -0.39 is 5.82 Å². The van der Waals surface area contributed by atoms with Crippen molar-refractivity contribution in [2.45, 2.75) is 0 Å². The van der Waals surface area contributed by atoms with Gasteiger partial charge in [-0.05, 0) is 30.3 Å². The first-order valence-electron chi connectivity index (χ1n) is 4.65. The third-order valence-electron chi connectivity index (χ3n) is 1.97. The second kappa shape index (κ2) is 4.76. The molecule has 2 rings (SSSR count). The summed E-state index contributed by atoms with van der Waals surface area (Å²) in [4.78, 5) is 0. The van der Waals surface area contributed by atoms with E-state index in [1.54, 1.807) is 6.07 Å². The normalized spacial score (nSPS) is 9.71. The quantitative estimate of drug-likeness (QED) is 0.888.